The third-order valence-electron chi connectivity index (χ3n) is 2.51. The number of nitrogens with one attached hydrogen (secondary N) is 1. The van der Waals surface area contributed by atoms with Crippen molar-refractivity contribution in [3.05, 3.63) is 30.4 Å². The molecule has 17 heavy (non-hydrogen) atoms. The van der Waals surface area contributed by atoms with Crippen molar-refractivity contribution in [3.8, 4) is 0 Å². The van der Waals surface area contributed by atoms with Gasteiger partial charge in [-0.3, -0.25) is 0 Å². The van der Waals surface area contributed by atoms with Crippen LogP contribution in [0.1, 0.15) is 25.4 Å². The molecule has 2 aromatic heterocycles. The first-order valence-electron chi connectivity index (χ1n) is 5.72. The van der Waals surface area contributed by atoms with E-state index in [0.29, 0.717) is 12.6 Å². The first kappa shape index (κ1) is 11.8. The molecule has 0 aliphatic heterocycles. The van der Waals surface area contributed by atoms with Crippen molar-refractivity contribution in [2.75, 3.05) is 0 Å². The summed E-state index contributed by atoms with van der Waals surface area (Å²) in [6.45, 7) is 5.74. The van der Waals surface area contributed by atoms with E-state index >= 15 is 0 Å². The zero-order chi connectivity index (χ0) is 12.3. The van der Waals surface area contributed by atoms with E-state index in [4.69, 9.17) is 0 Å². The second-order valence-corrected chi connectivity index (χ2v) is 4.43. The topological polar surface area (TPSA) is 60.6 Å². The average molecular weight is 234 g/mol. The Kier molecular flexibility index (Phi) is 3.53. The molecular weight excluding hydrogens is 216 g/mol. The van der Waals surface area contributed by atoms with Gasteiger partial charge in [0.1, 0.15) is 6.33 Å². The maximum atomic E-state index is 4.34. The first-order chi connectivity index (χ1) is 8.15. The molecule has 0 atom stereocenters. The summed E-state index contributed by atoms with van der Waals surface area (Å²) in [5.41, 5.74) is 1.04. The molecule has 0 saturated heterocycles. The molecule has 0 fully saturated rings. The average Bonchev–Trinajstić information content (AvgIpc) is 2.87. The third kappa shape index (κ3) is 3.13. The highest BCUT2D eigenvalue weighted by atomic mass is 15.3. The minimum atomic E-state index is 0.471. The van der Waals surface area contributed by atoms with Crippen molar-refractivity contribution in [2.45, 2.75) is 33.0 Å². The molecule has 0 saturated carbocycles. The van der Waals surface area contributed by atoms with Crippen LogP contribution in [0, 0.1) is 0 Å². The minimum absolute atomic E-state index is 0.471. The maximum absolute atomic E-state index is 4.34. The quantitative estimate of drug-likeness (QED) is 0.821. The Balaban J connectivity index is 1.97. The molecule has 2 rings (SSSR count). The fourth-order valence-electron chi connectivity index (χ4n) is 1.51. The van der Waals surface area contributed by atoms with E-state index < -0.39 is 0 Å². The molecule has 6 nitrogen and oxygen atoms in total. The van der Waals surface area contributed by atoms with Crippen LogP contribution in [0.3, 0.4) is 0 Å². The number of nitrogens with zero attached hydrogens (tertiary/aromatic N) is 5. The van der Waals surface area contributed by atoms with E-state index in [1.165, 1.54) is 0 Å². The van der Waals surface area contributed by atoms with E-state index in [0.717, 1.165) is 18.1 Å². The van der Waals surface area contributed by atoms with Crippen LogP contribution in [0.4, 0.5) is 0 Å². The molecule has 0 aromatic carbocycles. The van der Waals surface area contributed by atoms with Gasteiger partial charge in [-0.05, 0) is 0 Å². The summed E-state index contributed by atoms with van der Waals surface area (Å²) >= 11 is 0. The zero-order valence-electron chi connectivity index (χ0n) is 10.5. The van der Waals surface area contributed by atoms with Crippen molar-refractivity contribution in [3.63, 3.8) is 0 Å². The SMILES string of the molecule is CC(C)NCc1cn(Cc2nncn2C)cn1. The van der Waals surface area contributed by atoms with Crippen LogP contribution in [0.15, 0.2) is 18.9 Å². The summed E-state index contributed by atoms with van der Waals surface area (Å²) in [6.07, 6.45) is 5.56. The van der Waals surface area contributed by atoms with Crippen LogP contribution in [-0.4, -0.2) is 30.4 Å². The van der Waals surface area contributed by atoms with Crippen LogP contribution >= 0.6 is 0 Å². The van der Waals surface area contributed by atoms with Crippen LogP contribution in [0.2, 0.25) is 0 Å². The lowest BCUT2D eigenvalue weighted by Gasteiger charge is -2.04. The molecule has 0 aliphatic carbocycles. The number of hydrogen-bond acceptors (Lipinski definition) is 4. The van der Waals surface area contributed by atoms with Gasteiger partial charge in [-0.15, -0.1) is 10.2 Å². The lowest BCUT2D eigenvalue weighted by Crippen LogP contribution is -2.21. The lowest BCUT2D eigenvalue weighted by molar-refractivity contribution is 0.582. The van der Waals surface area contributed by atoms with Crippen LogP contribution in [-0.2, 0) is 20.1 Å². The summed E-state index contributed by atoms with van der Waals surface area (Å²) in [5, 5.41) is 11.2. The normalized spacial score (nSPS) is 11.3. The molecule has 0 amide bonds. The predicted octanol–water partition coefficient (Wildman–Crippen LogP) is 0.558. The molecule has 0 unspecified atom stereocenters. The third-order valence-corrected chi connectivity index (χ3v) is 2.51. The summed E-state index contributed by atoms with van der Waals surface area (Å²) in [5.74, 6) is 0.922. The van der Waals surface area contributed by atoms with E-state index in [1.54, 1.807) is 6.33 Å². The highest BCUT2D eigenvalue weighted by molar-refractivity contribution is 4.98. The van der Waals surface area contributed by atoms with Gasteiger partial charge in [0.15, 0.2) is 5.82 Å². The molecule has 92 valence electrons. The van der Waals surface area contributed by atoms with Crippen molar-refractivity contribution in [1.82, 2.24) is 29.6 Å². The fourth-order valence-corrected chi connectivity index (χ4v) is 1.51. The summed E-state index contributed by atoms with van der Waals surface area (Å²) in [7, 11) is 1.94. The van der Waals surface area contributed by atoms with Gasteiger partial charge < -0.3 is 14.5 Å². The predicted molar refractivity (Wildman–Crippen MR) is 64.3 cm³/mol. The molecule has 0 radical (unpaired) electrons. The van der Waals surface area contributed by atoms with E-state index in [-0.39, 0.29) is 0 Å². The second-order valence-electron chi connectivity index (χ2n) is 4.43. The summed E-state index contributed by atoms with van der Waals surface area (Å²) in [4.78, 5) is 4.34. The Morgan fingerprint density at radius 3 is 2.82 bits per heavy atom. The summed E-state index contributed by atoms with van der Waals surface area (Å²) in [6, 6.07) is 0.471. The Bertz CT molecular complexity index is 470. The van der Waals surface area contributed by atoms with E-state index in [9.17, 15) is 0 Å². The molecule has 2 heterocycles. The number of hydrogen-bond donors (Lipinski definition) is 1. The lowest BCUT2D eigenvalue weighted by atomic mass is 10.3. The largest absolute Gasteiger partial charge is 0.329 e. The zero-order valence-corrected chi connectivity index (χ0v) is 10.5. The fraction of sp³-hybridized carbons (Fsp3) is 0.545. The van der Waals surface area contributed by atoms with Gasteiger partial charge in [-0.25, -0.2) is 4.98 Å². The maximum Gasteiger partial charge on any atom is 0.152 e. The molecule has 1 N–H and O–H groups in total. The molecule has 0 aliphatic rings. The van der Waals surface area contributed by atoms with Gasteiger partial charge in [0.25, 0.3) is 0 Å². The van der Waals surface area contributed by atoms with Gasteiger partial charge in [-0.2, -0.15) is 0 Å². The van der Waals surface area contributed by atoms with Crippen molar-refractivity contribution < 1.29 is 0 Å². The van der Waals surface area contributed by atoms with Crippen LogP contribution < -0.4 is 5.32 Å². The number of aromatic nitrogens is 5. The first-order valence-corrected chi connectivity index (χ1v) is 5.72. The molecule has 2 aromatic rings. The van der Waals surface area contributed by atoms with Gasteiger partial charge in [0, 0.05) is 25.8 Å². The Morgan fingerprint density at radius 1 is 1.35 bits per heavy atom. The van der Waals surface area contributed by atoms with Gasteiger partial charge in [0.05, 0.1) is 18.6 Å². The molecule has 0 bridgehead atoms. The van der Waals surface area contributed by atoms with Gasteiger partial charge >= 0.3 is 0 Å². The monoisotopic (exact) mass is 234 g/mol. The van der Waals surface area contributed by atoms with Crippen molar-refractivity contribution in [2.24, 2.45) is 7.05 Å². The molecular formula is C11H18N6. The number of imidazole rings is 1. The Morgan fingerprint density at radius 2 is 2.18 bits per heavy atom. The standard InChI is InChI=1S/C11H18N6/c1-9(2)12-4-10-5-17(7-13-10)6-11-15-14-8-16(11)3/h5,7-9,12H,4,6H2,1-3H3. The van der Waals surface area contributed by atoms with Crippen molar-refractivity contribution in [1.29, 1.82) is 0 Å². The Labute approximate surface area is 101 Å². The van der Waals surface area contributed by atoms with E-state index in [1.807, 2.05) is 28.7 Å². The molecule has 6 heteroatoms. The van der Waals surface area contributed by atoms with Crippen LogP contribution in [0.25, 0.3) is 0 Å². The molecule has 0 spiro atoms. The minimum Gasteiger partial charge on any atom is -0.329 e. The van der Waals surface area contributed by atoms with Crippen molar-refractivity contribution >= 4 is 0 Å². The number of rotatable bonds is 5. The van der Waals surface area contributed by atoms with E-state index in [2.05, 4.69) is 34.3 Å². The van der Waals surface area contributed by atoms with Gasteiger partial charge in [0.2, 0.25) is 0 Å². The summed E-state index contributed by atoms with van der Waals surface area (Å²) < 4.78 is 3.92. The highest BCUT2D eigenvalue weighted by Crippen LogP contribution is 2.01. The second kappa shape index (κ2) is 5.09. The van der Waals surface area contributed by atoms with Crippen LogP contribution in [0.5, 0.6) is 0 Å². The van der Waals surface area contributed by atoms with Gasteiger partial charge in [-0.1, -0.05) is 13.8 Å². The highest BCUT2D eigenvalue weighted by Gasteiger charge is 2.04. The number of aryl methyl sites for hydroxylation is 1. The Hall–Kier alpha value is -1.69. The smallest absolute Gasteiger partial charge is 0.152 e.